The molecule has 1 saturated heterocycles. The molecule has 1 fully saturated rings. The molecule has 0 radical (unpaired) electrons. The van der Waals surface area contributed by atoms with Crippen molar-refractivity contribution in [2.45, 2.75) is 51.9 Å². The summed E-state index contributed by atoms with van der Waals surface area (Å²) in [5.41, 5.74) is 7.60. The van der Waals surface area contributed by atoms with E-state index < -0.39 is 0 Å². The van der Waals surface area contributed by atoms with Gasteiger partial charge >= 0.3 is 0 Å². The van der Waals surface area contributed by atoms with Crippen LogP contribution in [0.3, 0.4) is 0 Å². The number of anilines is 1. The molecule has 0 amide bonds. The SMILES string of the molecule is Cc1nc(N2CCCCC2)c2[nH]c(-c3ccc4c(c3)CCCC4)cc2n1. The first-order valence-corrected chi connectivity index (χ1v) is 10.0. The van der Waals surface area contributed by atoms with E-state index in [0.29, 0.717) is 0 Å². The van der Waals surface area contributed by atoms with Crippen LogP contribution in [0.4, 0.5) is 5.82 Å². The molecule has 3 aromatic rings. The highest BCUT2D eigenvalue weighted by atomic mass is 15.2. The summed E-state index contributed by atoms with van der Waals surface area (Å²) in [6.07, 6.45) is 8.91. The van der Waals surface area contributed by atoms with Gasteiger partial charge in [0, 0.05) is 18.8 Å². The zero-order chi connectivity index (χ0) is 17.5. The van der Waals surface area contributed by atoms with Gasteiger partial charge in [0.15, 0.2) is 5.82 Å². The van der Waals surface area contributed by atoms with Crippen LogP contribution in [-0.2, 0) is 12.8 Å². The van der Waals surface area contributed by atoms with Crippen molar-refractivity contribution >= 4 is 16.9 Å². The lowest BCUT2D eigenvalue weighted by atomic mass is 9.90. The predicted molar refractivity (Wildman–Crippen MR) is 107 cm³/mol. The Morgan fingerprint density at radius 1 is 0.885 bits per heavy atom. The van der Waals surface area contributed by atoms with Crippen molar-refractivity contribution in [1.29, 1.82) is 0 Å². The van der Waals surface area contributed by atoms with Crippen molar-refractivity contribution in [2.75, 3.05) is 18.0 Å². The molecule has 26 heavy (non-hydrogen) atoms. The fraction of sp³-hybridized carbons (Fsp3) is 0.455. The van der Waals surface area contributed by atoms with Gasteiger partial charge in [-0.2, -0.15) is 0 Å². The van der Waals surface area contributed by atoms with Gasteiger partial charge in [0.25, 0.3) is 0 Å². The molecule has 0 spiro atoms. The summed E-state index contributed by atoms with van der Waals surface area (Å²) in [5.74, 6) is 1.94. The molecule has 0 bridgehead atoms. The zero-order valence-corrected chi connectivity index (χ0v) is 15.5. The van der Waals surface area contributed by atoms with Gasteiger partial charge in [-0.3, -0.25) is 0 Å². The Labute approximate surface area is 154 Å². The molecule has 0 saturated carbocycles. The van der Waals surface area contributed by atoms with Crippen molar-refractivity contribution in [3.05, 3.63) is 41.2 Å². The van der Waals surface area contributed by atoms with Crippen LogP contribution in [0.2, 0.25) is 0 Å². The number of rotatable bonds is 2. The van der Waals surface area contributed by atoms with Gasteiger partial charge in [0.1, 0.15) is 11.3 Å². The molecule has 4 heteroatoms. The van der Waals surface area contributed by atoms with E-state index in [1.54, 1.807) is 0 Å². The molecule has 0 atom stereocenters. The van der Waals surface area contributed by atoms with Crippen LogP contribution in [0.15, 0.2) is 24.3 Å². The molecule has 1 N–H and O–H groups in total. The third-order valence-electron chi connectivity index (χ3n) is 5.89. The van der Waals surface area contributed by atoms with Crippen LogP contribution < -0.4 is 4.90 Å². The number of aromatic nitrogens is 3. The molecule has 1 aromatic carbocycles. The Bertz CT molecular complexity index is 950. The van der Waals surface area contributed by atoms with Gasteiger partial charge in [-0.05, 0) is 80.7 Å². The van der Waals surface area contributed by atoms with Gasteiger partial charge in [0.05, 0.1) is 5.52 Å². The van der Waals surface area contributed by atoms with Crippen LogP contribution in [-0.4, -0.2) is 28.0 Å². The van der Waals surface area contributed by atoms with Gasteiger partial charge in [-0.1, -0.05) is 12.1 Å². The number of benzene rings is 1. The first kappa shape index (κ1) is 15.9. The van der Waals surface area contributed by atoms with Gasteiger partial charge in [-0.15, -0.1) is 0 Å². The number of H-pyrrole nitrogens is 1. The average Bonchev–Trinajstić information content (AvgIpc) is 3.11. The third-order valence-corrected chi connectivity index (χ3v) is 5.89. The summed E-state index contributed by atoms with van der Waals surface area (Å²) in [5, 5.41) is 0. The number of hydrogen-bond donors (Lipinski definition) is 1. The van der Waals surface area contributed by atoms with E-state index >= 15 is 0 Å². The standard InChI is InChI=1S/C22H26N4/c1-15-23-20-14-19(18-10-9-16-7-3-4-8-17(16)13-18)25-21(20)22(24-15)26-11-5-2-6-12-26/h9-10,13-14,25H,2-8,11-12H2,1H3. The molecule has 0 unspecified atom stereocenters. The minimum absolute atomic E-state index is 0.856. The zero-order valence-electron chi connectivity index (χ0n) is 15.5. The molecule has 2 aromatic heterocycles. The second-order valence-electron chi connectivity index (χ2n) is 7.78. The molecule has 4 nitrogen and oxygen atoms in total. The summed E-state index contributed by atoms with van der Waals surface area (Å²) in [6, 6.07) is 9.15. The van der Waals surface area contributed by atoms with Crippen molar-refractivity contribution < 1.29 is 0 Å². The molecule has 134 valence electrons. The molecular weight excluding hydrogens is 320 g/mol. The van der Waals surface area contributed by atoms with Crippen LogP contribution in [0.5, 0.6) is 0 Å². The van der Waals surface area contributed by atoms with E-state index in [2.05, 4.69) is 34.1 Å². The highest BCUT2D eigenvalue weighted by Gasteiger charge is 2.19. The lowest BCUT2D eigenvalue weighted by molar-refractivity contribution is 0.574. The van der Waals surface area contributed by atoms with E-state index in [1.165, 1.54) is 61.6 Å². The maximum atomic E-state index is 4.79. The summed E-state index contributed by atoms with van der Waals surface area (Å²) >= 11 is 0. The fourth-order valence-corrected chi connectivity index (χ4v) is 4.50. The maximum absolute atomic E-state index is 4.79. The lowest BCUT2D eigenvalue weighted by Crippen LogP contribution is -2.30. The smallest absolute Gasteiger partial charge is 0.156 e. The number of nitrogens with one attached hydrogen (secondary N) is 1. The van der Waals surface area contributed by atoms with Crippen LogP contribution in [0.1, 0.15) is 49.1 Å². The highest BCUT2D eigenvalue weighted by Crippen LogP contribution is 2.32. The number of aryl methyl sites for hydroxylation is 3. The molecule has 1 aliphatic heterocycles. The van der Waals surface area contributed by atoms with Crippen molar-refractivity contribution in [2.24, 2.45) is 0 Å². The predicted octanol–water partition coefficient (Wildman–Crippen LogP) is 4.80. The second kappa shape index (κ2) is 6.42. The minimum atomic E-state index is 0.856. The first-order valence-electron chi connectivity index (χ1n) is 10.0. The second-order valence-corrected chi connectivity index (χ2v) is 7.78. The summed E-state index contributed by atoms with van der Waals surface area (Å²) in [7, 11) is 0. The largest absolute Gasteiger partial charge is 0.355 e. The van der Waals surface area contributed by atoms with Crippen LogP contribution >= 0.6 is 0 Å². The molecular formula is C22H26N4. The van der Waals surface area contributed by atoms with E-state index in [4.69, 9.17) is 9.97 Å². The van der Waals surface area contributed by atoms with E-state index in [9.17, 15) is 0 Å². The topological polar surface area (TPSA) is 44.8 Å². The molecule has 2 aliphatic rings. The van der Waals surface area contributed by atoms with E-state index in [-0.39, 0.29) is 0 Å². The minimum Gasteiger partial charge on any atom is -0.355 e. The number of nitrogens with zero attached hydrogens (tertiary/aromatic N) is 3. The number of piperidine rings is 1. The fourth-order valence-electron chi connectivity index (χ4n) is 4.50. The summed E-state index contributed by atoms with van der Waals surface area (Å²) < 4.78 is 0. The van der Waals surface area contributed by atoms with Crippen LogP contribution in [0.25, 0.3) is 22.3 Å². The monoisotopic (exact) mass is 346 g/mol. The Kier molecular flexibility index (Phi) is 3.92. The number of aromatic amines is 1. The van der Waals surface area contributed by atoms with Gasteiger partial charge in [-0.25, -0.2) is 9.97 Å². The van der Waals surface area contributed by atoms with E-state index in [0.717, 1.165) is 41.5 Å². The number of hydrogen-bond acceptors (Lipinski definition) is 3. The quantitative estimate of drug-likeness (QED) is 0.725. The molecule has 3 heterocycles. The average molecular weight is 346 g/mol. The molecule has 1 aliphatic carbocycles. The number of fused-ring (bicyclic) bond motifs is 2. The maximum Gasteiger partial charge on any atom is 0.156 e. The Morgan fingerprint density at radius 2 is 1.69 bits per heavy atom. The first-order chi connectivity index (χ1) is 12.8. The normalized spacial score (nSPS) is 17.5. The van der Waals surface area contributed by atoms with Gasteiger partial charge in [0.2, 0.25) is 0 Å². The Hall–Kier alpha value is -2.36. The van der Waals surface area contributed by atoms with Crippen molar-refractivity contribution in [1.82, 2.24) is 15.0 Å². The van der Waals surface area contributed by atoms with Crippen molar-refractivity contribution in [3.63, 3.8) is 0 Å². The van der Waals surface area contributed by atoms with E-state index in [1.807, 2.05) is 6.92 Å². The van der Waals surface area contributed by atoms with Crippen LogP contribution in [0, 0.1) is 6.92 Å². The summed E-state index contributed by atoms with van der Waals surface area (Å²) in [6.45, 7) is 4.19. The van der Waals surface area contributed by atoms with Gasteiger partial charge < -0.3 is 9.88 Å². The molecule has 5 rings (SSSR count). The highest BCUT2D eigenvalue weighted by molar-refractivity contribution is 5.91. The Morgan fingerprint density at radius 3 is 2.54 bits per heavy atom. The van der Waals surface area contributed by atoms with Crippen molar-refractivity contribution in [3.8, 4) is 11.3 Å². The Balaban J connectivity index is 1.59. The lowest BCUT2D eigenvalue weighted by Gasteiger charge is -2.28. The summed E-state index contributed by atoms with van der Waals surface area (Å²) in [4.78, 5) is 15.6. The third kappa shape index (κ3) is 2.77.